The minimum atomic E-state index is -0.653. The molecule has 0 heterocycles. The van der Waals surface area contributed by atoms with E-state index in [1.165, 1.54) is 51.4 Å². The number of ketones is 1. The van der Waals surface area contributed by atoms with Crippen molar-refractivity contribution in [2.45, 2.75) is 90.1 Å². The summed E-state index contributed by atoms with van der Waals surface area (Å²) in [6.07, 6.45) is 14.5. The zero-order chi connectivity index (χ0) is 16.9. The van der Waals surface area contributed by atoms with Gasteiger partial charge in [-0.3, -0.25) is 4.79 Å². The molecule has 24 heavy (non-hydrogen) atoms. The molecule has 0 spiro atoms. The minimum Gasteiger partial charge on any atom is -0.385 e. The first-order valence-corrected chi connectivity index (χ1v) is 10.5. The molecule has 0 saturated heterocycles. The van der Waals surface area contributed by atoms with Gasteiger partial charge in [0.25, 0.3) is 0 Å². The van der Waals surface area contributed by atoms with Crippen LogP contribution in [0.3, 0.4) is 0 Å². The van der Waals surface area contributed by atoms with Gasteiger partial charge in [-0.1, -0.05) is 26.7 Å². The fourth-order valence-corrected chi connectivity index (χ4v) is 7.22. The number of carbonyl (C=O) groups excluding carboxylic acids is 1. The summed E-state index contributed by atoms with van der Waals surface area (Å²) >= 11 is 0. The Bertz CT molecular complexity index is 550. The highest BCUT2D eigenvalue weighted by atomic mass is 16.3. The molecule has 4 rings (SSSR count). The third-order valence-electron chi connectivity index (χ3n) is 8.54. The molecule has 2 heteroatoms. The second-order valence-corrected chi connectivity index (χ2v) is 9.44. The Morgan fingerprint density at radius 2 is 1.96 bits per heavy atom. The molecule has 0 aromatic heterocycles. The number of unbranched alkanes of at least 4 members (excludes halogenated alkanes) is 1. The van der Waals surface area contributed by atoms with Crippen molar-refractivity contribution in [2.24, 2.45) is 29.1 Å². The Morgan fingerprint density at radius 1 is 1.12 bits per heavy atom. The highest BCUT2D eigenvalue weighted by molar-refractivity contribution is 5.92. The van der Waals surface area contributed by atoms with Crippen LogP contribution in [0.2, 0.25) is 0 Å². The topological polar surface area (TPSA) is 37.3 Å². The van der Waals surface area contributed by atoms with Crippen LogP contribution >= 0.6 is 0 Å². The number of rotatable bonds is 3. The van der Waals surface area contributed by atoms with Crippen LogP contribution < -0.4 is 0 Å². The van der Waals surface area contributed by atoms with Gasteiger partial charge in [-0.05, 0) is 92.1 Å². The summed E-state index contributed by atoms with van der Waals surface area (Å²) in [7, 11) is 0. The van der Waals surface area contributed by atoms with Crippen molar-refractivity contribution in [1.29, 1.82) is 0 Å². The summed E-state index contributed by atoms with van der Waals surface area (Å²) in [5.41, 5.74) is 0.932. The molecule has 0 bridgehead atoms. The second-order valence-electron chi connectivity index (χ2n) is 9.44. The lowest BCUT2D eigenvalue weighted by Gasteiger charge is -2.57. The molecule has 4 aliphatic carbocycles. The molecule has 0 radical (unpaired) electrons. The van der Waals surface area contributed by atoms with E-state index in [2.05, 4.69) is 13.8 Å². The minimum absolute atomic E-state index is 0.231. The van der Waals surface area contributed by atoms with E-state index in [1.54, 1.807) is 6.08 Å². The molecule has 3 saturated carbocycles. The van der Waals surface area contributed by atoms with Crippen LogP contribution in [-0.4, -0.2) is 16.5 Å². The van der Waals surface area contributed by atoms with Gasteiger partial charge < -0.3 is 5.11 Å². The van der Waals surface area contributed by atoms with Crippen molar-refractivity contribution in [1.82, 2.24) is 0 Å². The van der Waals surface area contributed by atoms with Gasteiger partial charge in [-0.2, -0.15) is 0 Å². The summed E-state index contributed by atoms with van der Waals surface area (Å²) < 4.78 is 0. The Hall–Kier alpha value is -0.630. The van der Waals surface area contributed by atoms with E-state index in [0.717, 1.165) is 23.8 Å². The molecule has 0 aromatic carbocycles. The van der Waals surface area contributed by atoms with Crippen LogP contribution in [0.25, 0.3) is 0 Å². The predicted octanol–water partition coefficient (Wildman–Crippen LogP) is 5.05. The van der Waals surface area contributed by atoms with Crippen LogP contribution in [0.5, 0.6) is 0 Å². The van der Waals surface area contributed by atoms with Crippen LogP contribution in [0.1, 0.15) is 84.5 Å². The lowest BCUT2D eigenvalue weighted by Crippen LogP contribution is -2.55. The fraction of sp³-hybridized carbons (Fsp3) is 0.864. The predicted molar refractivity (Wildman–Crippen MR) is 96.6 cm³/mol. The molecular weight excluding hydrogens is 296 g/mol. The van der Waals surface area contributed by atoms with Gasteiger partial charge in [-0.15, -0.1) is 0 Å². The van der Waals surface area contributed by atoms with Gasteiger partial charge in [-0.25, -0.2) is 0 Å². The monoisotopic (exact) mass is 330 g/mol. The molecule has 0 amide bonds. The van der Waals surface area contributed by atoms with Crippen LogP contribution in [0, 0.1) is 29.1 Å². The normalized spacial score (nSPS) is 47.6. The van der Waals surface area contributed by atoms with Gasteiger partial charge in [0, 0.05) is 6.42 Å². The third-order valence-corrected chi connectivity index (χ3v) is 8.54. The summed E-state index contributed by atoms with van der Waals surface area (Å²) in [6, 6.07) is 0. The van der Waals surface area contributed by atoms with Crippen molar-refractivity contribution < 1.29 is 9.90 Å². The average Bonchev–Trinajstić information content (AvgIpc) is 2.90. The van der Waals surface area contributed by atoms with Gasteiger partial charge in [0.05, 0.1) is 5.60 Å². The maximum Gasteiger partial charge on any atom is 0.155 e. The number of aliphatic hydroxyl groups is 1. The molecule has 0 aromatic rings. The molecule has 6 atom stereocenters. The Balaban J connectivity index is 1.59. The number of hydrogen-bond acceptors (Lipinski definition) is 2. The number of hydrogen-bond donors (Lipinski definition) is 1. The van der Waals surface area contributed by atoms with Crippen molar-refractivity contribution >= 4 is 5.78 Å². The van der Waals surface area contributed by atoms with E-state index in [-0.39, 0.29) is 5.78 Å². The second kappa shape index (κ2) is 5.97. The largest absolute Gasteiger partial charge is 0.385 e. The zero-order valence-electron chi connectivity index (χ0n) is 15.5. The van der Waals surface area contributed by atoms with Gasteiger partial charge in [0.15, 0.2) is 5.78 Å². The lowest BCUT2D eigenvalue weighted by molar-refractivity contribution is -0.126. The van der Waals surface area contributed by atoms with E-state index in [9.17, 15) is 9.90 Å². The first-order chi connectivity index (χ1) is 11.5. The van der Waals surface area contributed by atoms with Crippen LogP contribution in [0.4, 0.5) is 0 Å². The molecule has 0 aliphatic heterocycles. The van der Waals surface area contributed by atoms with E-state index >= 15 is 0 Å². The van der Waals surface area contributed by atoms with Crippen molar-refractivity contribution in [2.75, 3.05) is 0 Å². The zero-order valence-corrected chi connectivity index (χ0v) is 15.5. The smallest absolute Gasteiger partial charge is 0.155 e. The Kier molecular flexibility index (Phi) is 4.18. The van der Waals surface area contributed by atoms with E-state index in [1.807, 2.05) is 0 Å². The standard InChI is InChI=1S/C22H34O2/c1-3-4-5-15-7-9-19-18-8-6-16-14-17(23)10-13-22(16,24)20(18)11-12-21(15,19)2/h14-15,18-20,24H,3-13H2,1-2H3/t15-,18?,19?,20?,21+,22+/m0/s1. The molecule has 2 nitrogen and oxygen atoms in total. The van der Waals surface area contributed by atoms with Crippen molar-refractivity contribution in [3.05, 3.63) is 11.6 Å². The van der Waals surface area contributed by atoms with Gasteiger partial charge in [0.1, 0.15) is 0 Å². The van der Waals surface area contributed by atoms with E-state index < -0.39 is 5.60 Å². The van der Waals surface area contributed by atoms with Gasteiger partial charge in [0.2, 0.25) is 0 Å². The maximum absolute atomic E-state index is 11.8. The van der Waals surface area contributed by atoms with Crippen LogP contribution in [-0.2, 0) is 4.79 Å². The van der Waals surface area contributed by atoms with Crippen molar-refractivity contribution in [3.8, 4) is 0 Å². The quantitative estimate of drug-likeness (QED) is 0.786. The summed E-state index contributed by atoms with van der Waals surface area (Å²) in [4.78, 5) is 11.8. The first-order valence-electron chi connectivity index (χ1n) is 10.5. The summed E-state index contributed by atoms with van der Waals surface area (Å²) in [5, 5.41) is 11.5. The Morgan fingerprint density at radius 3 is 2.75 bits per heavy atom. The SMILES string of the molecule is CCCC[C@H]1CCC2C3CCC4=CC(=O)CC[C@]4(O)C3CC[C@@]21C. The lowest BCUT2D eigenvalue weighted by atomic mass is 9.49. The first kappa shape index (κ1) is 16.8. The average molecular weight is 331 g/mol. The highest BCUT2D eigenvalue weighted by Crippen LogP contribution is 2.65. The molecular formula is C22H34O2. The third kappa shape index (κ3) is 2.35. The molecule has 3 unspecified atom stereocenters. The highest BCUT2D eigenvalue weighted by Gasteiger charge is 2.59. The van der Waals surface area contributed by atoms with E-state index in [0.29, 0.717) is 30.1 Å². The molecule has 4 aliphatic rings. The summed E-state index contributed by atoms with van der Waals surface area (Å²) in [6.45, 7) is 4.88. The van der Waals surface area contributed by atoms with Crippen molar-refractivity contribution in [3.63, 3.8) is 0 Å². The molecule has 3 fully saturated rings. The molecule has 1 N–H and O–H groups in total. The number of fused-ring (bicyclic) bond motifs is 5. The fourth-order valence-electron chi connectivity index (χ4n) is 7.22. The maximum atomic E-state index is 11.8. The molecule has 134 valence electrons. The Labute approximate surface area is 147 Å². The number of carbonyl (C=O) groups is 1. The van der Waals surface area contributed by atoms with Gasteiger partial charge >= 0.3 is 0 Å². The summed E-state index contributed by atoms with van der Waals surface area (Å²) in [5.74, 6) is 3.04. The van der Waals surface area contributed by atoms with E-state index in [4.69, 9.17) is 0 Å². The van der Waals surface area contributed by atoms with Crippen LogP contribution in [0.15, 0.2) is 11.6 Å².